The van der Waals surface area contributed by atoms with Crippen LogP contribution in [0.1, 0.15) is 23.6 Å². The summed E-state index contributed by atoms with van der Waals surface area (Å²) in [6, 6.07) is 10.6. The van der Waals surface area contributed by atoms with Gasteiger partial charge < -0.3 is 10.6 Å². The van der Waals surface area contributed by atoms with E-state index in [1.807, 2.05) is 19.1 Å². The number of nitrogens with one attached hydrogen (secondary N) is 2. The third-order valence-electron chi connectivity index (χ3n) is 3.86. The molecule has 0 saturated heterocycles. The van der Waals surface area contributed by atoms with E-state index in [1.165, 1.54) is 6.26 Å². The molecule has 2 aromatic rings. The van der Waals surface area contributed by atoms with Crippen LogP contribution in [-0.4, -0.2) is 27.2 Å². The molecule has 27 heavy (non-hydrogen) atoms. The number of hydrogen-bond acceptors (Lipinski definition) is 3. The number of nitrogens with zero attached hydrogens (tertiary/aromatic N) is 1. The van der Waals surface area contributed by atoms with Gasteiger partial charge in [-0.3, -0.25) is 0 Å². The monoisotopic (exact) mass is 427 g/mol. The molecule has 5 nitrogen and oxygen atoms in total. The predicted octanol–water partition coefficient (Wildman–Crippen LogP) is 3.96. The van der Waals surface area contributed by atoms with Crippen molar-refractivity contribution in [3.8, 4) is 0 Å². The molecular formula is C19H23Cl2N3O2S. The van der Waals surface area contributed by atoms with Crippen LogP contribution in [0.5, 0.6) is 0 Å². The van der Waals surface area contributed by atoms with Gasteiger partial charge in [0.05, 0.1) is 11.4 Å². The van der Waals surface area contributed by atoms with Gasteiger partial charge in [-0.2, -0.15) is 0 Å². The van der Waals surface area contributed by atoms with Crippen molar-refractivity contribution in [1.29, 1.82) is 0 Å². The Morgan fingerprint density at radius 2 is 1.85 bits per heavy atom. The number of sulfone groups is 1. The Morgan fingerprint density at radius 1 is 1.11 bits per heavy atom. The standard InChI is InChI=1S/C19H23Cl2N3O2S/c1-4-22-19(24-12-15-6-7-16(20)10-17(15)21)23-11-14-5-8-18(13(2)9-14)27(3,25)26/h5-10H,4,11-12H2,1-3H3,(H2,22,23,24). The minimum Gasteiger partial charge on any atom is -0.357 e. The van der Waals surface area contributed by atoms with Gasteiger partial charge in [0.2, 0.25) is 0 Å². The molecule has 0 spiro atoms. The quantitative estimate of drug-likeness (QED) is 0.540. The summed E-state index contributed by atoms with van der Waals surface area (Å²) in [4.78, 5) is 4.90. The van der Waals surface area contributed by atoms with E-state index in [1.54, 1.807) is 31.2 Å². The van der Waals surface area contributed by atoms with Gasteiger partial charge in [0, 0.05) is 29.4 Å². The number of guanidine groups is 1. The maximum absolute atomic E-state index is 11.7. The van der Waals surface area contributed by atoms with Crippen LogP contribution in [-0.2, 0) is 22.9 Å². The number of aliphatic imine (C=N–C) groups is 1. The number of rotatable bonds is 6. The van der Waals surface area contributed by atoms with Crippen molar-refractivity contribution >= 4 is 39.0 Å². The first-order valence-corrected chi connectivity index (χ1v) is 11.1. The van der Waals surface area contributed by atoms with E-state index in [2.05, 4.69) is 15.6 Å². The SMILES string of the molecule is CCNC(=NCc1ccc(S(C)(=O)=O)c(C)c1)NCc1ccc(Cl)cc1Cl. The second kappa shape index (κ2) is 9.44. The van der Waals surface area contributed by atoms with Crippen molar-refractivity contribution in [3.05, 3.63) is 63.1 Å². The number of hydrogen-bond donors (Lipinski definition) is 2. The summed E-state index contributed by atoms with van der Waals surface area (Å²) in [6.07, 6.45) is 1.21. The van der Waals surface area contributed by atoms with Gasteiger partial charge in [0.15, 0.2) is 15.8 Å². The molecule has 8 heteroatoms. The fourth-order valence-corrected chi connectivity index (χ4v) is 4.02. The molecule has 0 aliphatic rings. The zero-order valence-corrected chi connectivity index (χ0v) is 17.8. The van der Waals surface area contributed by atoms with Crippen LogP contribution in [0.15, 0.2) is 46.3 Å². The van der Waals surface area contributed by atoms with Crippen molar-refractivity contribution in [3.63, 3.8) is 0 Å². The molecule has 2 aromatic carbocycles. The fraction of sp³-hybridized carbons (Fsp3) is 0.316. The van der Waals surface area contributed by atoms with E-state index in [9.17, 15) is 8.42 Å². The summed E-state index contributed by atoms with van der Waals surface area (Å²) < 4.78 is 23.4. The molecule has 0 atom stereocenters. The van der Waals surface area contributed by atoms with Crippen LogP contribution in [0.25, 0.3) is 0 Å². The van der Waals surface area contributed by atoms with Crippen LogP contribution < -0.4 is 10.6 Å². The smallest absolute Gasteiger partial charge is 0.191 e. The summed E-state index contributed by atoms with van der Waals surface area (Å²) in [5, 5.41) is 7.60. The first-order chi connectivity index (χ1) is 12.7. The van der Waals surface area contributed by atoms with Crippen molar-refractivity contribution < 1.29 is 8.42 Å². The highest BCUT2D eigenvalue weighted by atomic mass is 35.5. The molecule has 2 rings (SSSR count). The lowest BCUT2D eigenvalue weighted by Gasteiger charge is -2.13. The molecule has 0 saturated carbocycles. The summed E-state index contributed by atoms with van der Waals surface area (Å²) in [5.74, 6) is 0.647. The molecule has 0 aliphatic carbocycles. The molecule has 0 bridgehead atoms. The van der Waals surface area contributed by atoms with Crippen LogP contribution in [0.4, 0.5) is 0 Å². The molecule has 0 unspecified atom stereocenters. The second-order valence-corrected chi connectivity index (χ2v) is 8.98. The molecule has 0 aromatic heterocycles. The zero-order valence-electron chi connectivity index (χ0n) is 15.5. The van der Waals surface area contributed by atoms with E-state index >= 15 is 0 Å². The van der Waals surface area contributed by atoms with E-state index in [4.69, 9.17) is 23.2 Å². The minimum atomic E-state index is -3.22. The zero-order chi connectivity index (χ0) is 20.0. The van der Waals surface area contributed by atoms with E-state index < -0.39 is 9.84 Å². The van der Waals surface area contributed by atoms with Gasteiger partial charge in [-0.05, 0) is 48.7 Å². The molecule has 0 aliphatic heterocycles. The normalized spacial score (nSPS) is 12.1. The van der Waals surface area contributed by atoms with Gasteiger partial charge >= 0.3 is 0 Å². The number of halogens is 2. The molecule has 0 radical (unpaired) electrons. The third kappa shape index (κ3) is 6.41. The minimum absolute atomic E-state index is 0.345. The largest absolute Gasteiger partial charge is 0.357 e. The second-order valence-electron chi connectivity index (χ2n) is 6.16. The summed E-state index contributed by atoms with van der Waals surface area (Å²) in [6.45, 7) is 5.42. The molecule has 0 fully saturated rings. The van der Waals surface area contributed by atoms with Crippen molar-refractivity contribution in [1.82, 2.24) is 10.6 Å². The summed E-state index contributed by atoms with van der Waals surface area (Å²) >= 11 is 12.1. The first kappa shape index (κ1) is 21.5. The number of aryl methyl sites for hydroxylation is 1. The van der Waals surface area contributed by atoms with Gasteiger partial charge in [-0.15, -0.1) is 0 Å². The Balaban J connectivity index is 2.10. The van der Waals surface area contributed by atoms with Crippen molar-refractivity contribution in [2.75, 3.05) is 12.8 Å². The Morgan fingerprint density at radius 3 is 2.44 bits per heavy atom. The Labute approximate surface area is 170 Å². The first-order valence-electron chi connectivity index (χ1n) is 8.46. The van der Waals surface area contributed by atoms with Gasteiger partial charge in [0.25, 0.3) is 0 Å². The van der Waals surface area contributed by atoms with E-state index in [0.29, 0.717) is 40.5 Å². The lowest BCUT2D eigenvalue weighted by atomic mass is 10.1. The fourth-order valence-electron chi connectivity index (χ4n) is 2.58. The van der Waals surface area contributed by atoms with Crippen LogP contribution >= 0.6 is 23.2 Å². The van der Waals surface area contributed by atoms with Crippen molar-refractivity contribution in [2.45, 2.75) is 31.8 Å². The van der Waals surface area contributed by atoms with Gasteiger partial charge in [-0.25, -0.2) is 13.4 Å². The Kier molecular flexibility index (Phi) is 7.53. The molecule has 146 valence electrons. The topological polar surface area (TPSA) is 70.6 Å². The Bertz CT molecular complexity index is 944. The predicted molar refractivity (Wildman–Crippen MR) is 112 cm³/mol. The maximum Gasteiger partial charge on any atom is 0.191 e. The lowest BCUT2D eigenvalue weighted by Crippen LogP contribution is -2.36. The molecule has 2 N–H and O–H groups in total. The van der Waals surface area contributed by atoms with Gasteiger partial charge in [-0.1, -0.05) is 41.4 Å². The average molecular weight is 428 g/mol. The lowest BCUT2D eigenvalue weighted by molar-refractivity contribution is 0.601. The molecule has 0 amide bonds. The third-order valence-corrected chi connectivity index (χ3v) is 5.71. The van der Waals surface area contributed by atoms with E-state index in [-0.39, 0.29) is 0 Å². The summed E-state index contributed by atoms with van der Waals surface area (Å²) in [5.41, 5.74) is 2.57. The van der Waals surface area contributed by atoms with Gasteiger partial charge in [0.1, 0.15) is 0 Å². The Hall–Kier alpha value is -1.76. The van der Waals surface area contributed by atoms with Crippen LogP contribution in [0, 0.1) is 6.92 Å². The highest BCUT2D eigenvalue weighted by Gasteiger charge is 2.11. The average Bonchev–Trinajstić information content (AvgIpc) is 2.57. The van der Waals surface area contributed by atoms with Crippen molar-refractivity contribution in [2.24, 2.45) is 4.99 Å². The highest BCUT2D eigenvalue weighted by Crippen LogP contribution is 2.21. The highest BCUT2D eigenvalue weighted by molar-refractivity contribution is 7.90. The van der Waals surface area contributed by atoms with Crippen LogP contribution in [0.2, 0.25) is 10.0 Å². The van der Waals surface area contributed by atoms with E-state index in [0.717, 1.165) is 16.7 Å². The van der Waals surface area contributed by atoms with Crippen LogP contribution in [0.3, 0.4) is 0 Å². The number of benzene rings is 2. The maximum atomic E-state index is 11.7. The molecular weight excluding hydrogens is 405 g/mol. The summed E-state index contributed by atoms with van der Waals surface area (Å²) in [7, 11) is -3.22. The molecule has 0 heterocycles.